The average Bonchev–Trinajstić information content (AvgIpc) is 2.47. The first kappa shape index (κ1) is 16.5. The van der Waals surface area contributed by atoms with Crippen molar-refractivity contribution in [3.63, 3.8) is 0 Å². The zero-order valence-electron chi connectivity index (χ0n) is 12.8. The minimum Gasteiger partial charge on any atom is -0.383 e. The maximum Gasteiger partial charge on any atom is 0.262 e. The number of carbonyl (C=O) groups excluding carboxylic acids is 1. The van der Waals surface area contributed by atoms with E-state index in [4.69, 9.17) is 10.5 Å². The molecule has 1 amide bonds. The zero-order chi connectivity index (χ0) is 16.3. The van der Waals surface area contributed by atoms with E-state index in [2.05, 4.69) is 4.98 Å². The number of methoxy groups -OCH3 is 1. The van der Waals surface area contributed by atoms with Gasteiger partial charge in [-0.15, -0.1) is 0 Å². The van der Waals surface area contributed by atoms with E-state index in [9.17, 15) is 9.59 Å². The van der Waals surface area contributed by atoms with Gasteiger partial charge in [-0.3, -0.25) is 14.2 Å². The van der Waals surface area contributed by atoms with Gasteiger partial charge in [0, 0.05) is 7.11 Å². The quantitative estimate of drug-likeness (QED) is 0.644. The molecular formula is C15H19N3O3S. The summed E-state index contributed by atoms with van der Waals surface area (Å²) < 4.78 is 6.71. The molecular weight excluding hydrogens is 302 g/mol. The number of benzene rings is 1. The Labute approximate surface area is 132 Å². The minimum absolute atomic E-state index is 0.144. The average molecular weight is 321 g/mol. The number of aromatic nitrogens is 2. The molecule has 0 radical (unpaired) electrons. The molecule has 0 saturated carbocycles. The van der Waals surface area contributed by atoms with Crippen LogP contribution in [0.3, 0.4) is 0 Å². The molecule has 0 aliphatic carbocycles. The monoisotopic (exact) mass is 321 g/mol. The molecule has 1 heterocycles. The molecule has 1 aromatic heterocycles. The lowest BCUT2D eigenvalue weighted by Crippen LogP contribution is -2.30. The van der Waals surface area contributed by atoms with E-state index < -0.39 is 11.2 Å². The number of hydrogen-bond donors (Lipinski definition) is 1. The summed E-state index contributed by atoms with van der Waals surface area (Å²) in [5.74, 6) is -0.446. The standard InChI is InChI=1S/C15H19N3O3S/c1-9(8-21-3)18-14(20)11-6-4-5-7-12(11)17-15(18)22-10(2)13(16)19/h4-7,9-10H,8H2,1-3H3,(H2,16,19)/t9-,10-/m1/s1. The van der Waals surface area contributed by atoms with Crippen molar-refractivity contribution < 1.29 is 9.53 Å². The van der Waals surface area contributed by atoms with Crippen LogP contribution in [0, 0.1) is 0 Å². The minimum atomic E-state index is -0.478. The van der Waals surface area contributed by atoms with Gasteiger partial charge in [0.1, 0.15) is 0 Å². The lowest BCUT2D eigenvalue weighted by molar-refractivity contribution is -0.117. The molecule has 118 valence electrons. The number of rotatable bonds is 6. The summed E-state index contributed by atoms with van der Waals surface area (Å²) in [6, 6.07) is 6.95. The van der Waals surface area contributed by atoms with Gasteiger partial charge < -0.3 is 10.5 Å². The number of para-hydroxylation sites is 1. The van der Waals surface area contributed by atoms with Gasteiger partial charge in [0.2, 0.25) is 5.91 Å². The molecule has 7 heteroatoms. The number of amides is 1. The Morgan fingerprint density at radius 2 is 2.09 bits per heavy atom. The summed E-state index contributed by atoms with van der Waals surface area (Å²) in [7, 11) is 1.58. The predicted molar refractivity (Wildman–Crippen MR) is 87.1 cm³/mol. The van der Waals surface area contributed by atoms with Crippen molar-refractivity contribution in [3.8, 4) is 0 Å². The number of hydrogen-bond acceptors (Lipinski definition) is 5. The van der Waals surface area contributed by atoms with Crippen LogP contribution in [0.5, 0.6) is 0 Å². The fraction of sp³-hybridized carbons (Fsp3) is 0.400. The fourth-order valence-corrected chi connectivity index (χ4v) is 3.09. The van der Waals surface area contributed by atoms with Crippen LogP contribution in [0.15, 0.2) is 34.2 Å². The lowest BCUT2D eigenvalue weighted by Gasteiger charge is -2.19. The van der Waals surface area contributed by atoms with Crippen molar-refractivity contribution in [2.45, 2.75) is 30.3 Å². The topological polar surface area (TPSA) is 87.2 Å². The molecule has 2 rings (SSSR count). The molecule has 6 nitrogen and oxygen atoms in total. The predicted octanol–water partition coefficient (Wildman–Crippen LogP) is 1.57. The van der Waals surface area contributed by atoms with Crippen molar-refractivity contribution in [1.29, 1.82) is 0 Å². The Balaban J connectivity index is 2.62. The highest BCUT2D eigenvalue weighted by molar-refractivity contribution is 8.00. The van der Waals surface area contributed by atoms with Gasteiger partial charge in [-0.2, -0.15) is 0 Å². The van der Waals surface area contributed by atoms with Crippen LogP contribution in [0.25, 0.3) is 10.9 Å². The third kappa shape index (κ3) is 3.31. The van der Waals surface area contributed by atoms with E-state index in [1.807, 2.05) is 13.0 Å². The smallest absolute Gasteiger partial charge is 0.262 e. The fourth-order valence-electron chi connectivity index (χ4n) is 2.13. The zero-order valence-corrected chi connectivity index (χ0v) is 13.6. The molecule has 0 bridgehead atoms. The van der Waals surface area contributed by atoms with E-state index >= 15 is 0 Å². The normalized spacial score (nSPS) is 14.0. The maximum atomic E-state index is 12.8. The Morgan fingerprint density at radius 3 is 2.73 bits per heavy atom. The highest BCUT2D eigenvalue weighted by atomic mass is 32.2. The van der Waals surface area contributed by atoms with Crippen molar-refractivity contribution >= 4 is 28.6 Å². The van der Waals surface area contributed by atoms with E-state index in [-0.39, 0.29) is 11.6 Å². The molecule has 0 spiro atoms. The van der Waals surface area contributed by atoms with Crippen molar-refractivity contribution in [3.05, 3.63) is 34.6 Å². The molecule has 0 aliphatic heterocycles. The first-order valence-electron chi connectivity index (χ1n) is 6.92. The Morgan fingerprint density at radius 1 is 1.41 bits per heavy atom. The van der Waals surface area contributed by atoms with Gasteiger partial charge in [-0.1, -0.05) is 23.9 Å². The number of nitrogens with two attached hydrogens (primary N) is 1. The van der Waals surface area contributed by atoms with Crippen LogP contribution in [-0.4, -0.2) is 34.4 Å². The number of thioether (sulfide) groups is 1. The van der Waals surface area contributed by atoms with E-state index in [1.165, 1.54) is 11.8 Å². The van der Waals surface area contributed by atoms with Gasteiger partial charge in [-0.05, 0) is 26.0 Å². The summed E-state index contributed by atoms with van der Waals surface area (Å²) in [5, 5.41) is 0.537. The van der Waals surface area contributed by atoms with Gasteiger partial charge in [0.05, 0.1) is 28.8 Å². The summed E-state index contributed by atoms with van der Waals surface area (Å²) in [6.07, 6.45) is 0. The summed E-state index contributed by atoms with van der Waals surface area (Å²) in [6.45, 7) is 3.94. The Kier molecular flexibility index (Phi) is 5.20. The molecule has 2 N–H and O–H groups in total. The third-order valence-electron chi connectivity index (χ3n) is 3.31. The number of primary amides is 1. The SMILES string of the molecule is COC[C@@H](C)n1c(S[C@H](C)C(N)=O)nc2ccccc2c1=O. The Hall–Kier alpha value is -1.86. The number of fused-ring (bicyclic) bond motifs is 1. The lowest BCUT2D eigenvalue weighted by atomic mass is 10.2. The van der Waals surface area contributed by atoms with E-state index in [1.54, 1.807) is 36.8 Å². The Bertz CT molecular complexity index is 744. The van der Waals surface area contributed by atoms with E-state index in [0.29, 0.717) is 22.7 Å². The molecule has 1 aromatic carbocycles. The first-order valence-corrected chi connectivity index (χ1v) is 7.79. The number of carbonyl (C=O) groups is 1. The van der Waals surface area contributed by atoms with Crippen LogP contribution < -0.4 is 11.3 Å². The third-order valence-corrected chi connectivity index (χ3v) is 4.39. The van der Waals surface area contributed by atoms with Gasteiger partial charge in [-0.25, -0.2) is 4.98 Å². The second-order valence-corrected chi connectivity index (χ2v) is 6.36. The van der Waals surface area contributed by atoms with Crippen LogP contribution in [-0.2, 0) is 9.53 Å². The van der Waals surface area contributed by atoms with Gasteiger partial charge >= 0.3 is 0 Å². The van der Waals surface area contributed by atoms with Crippen LogP contribution in [0.1, 0.15) is 19.9 Å². The van der Waals surface area contributed by atoms with Crippen molar-refractivity contribution in [2.24, 2.45) is 5.73 Å². The molecule has 2 aromatic rings. The van der Waals surface area contributed by atoms with E-state index in [0.717, 1.165) is 0 Å². The summed E-state index contributed by atoms with van der Waals surface area (Å²) in [4.78, 5) is 28.6. The molecule has 0 fully saturated rings. The highest BCUT2D eigenvalue weighted by Crippen LogP contribution is 2.24. The van der Waals surface area contributed by atoms with Crippen molar-refractivity contribution in [2.75, 3.05) is 13.7 Å². The van der Waals surface area contributed by atoms with Crippen molar-refractivity contribution in [1.82, 2.24) is 9.55 Å². The maximum absolute atomic E-state index is 12.8. The number of ether oxygens (including phenoxy) is 1. The molecule has 2 atom stereocenters. The second kappa shape index (κ2) is 6.93. The van der Waals surface area contributed by atoms with Crippen LogP contribution in [0.4, 0.5) is 0 Å². The van der Waals surface area contributed by atoms with Crippen LogP contribution in [0.2, 0.25) is 0 Å². The summed E-state index contributed by atoms with van der Waals surface area (Å²) >= 11 is 1.18. The molecule has 0 saturated heterocycles. The molecule has 0 aliphatic rings. The van der Waals surface area contributed by atoms with Gasteiger partial charge in [0.15, 0.2) is 5.16 Å². The largest absolute Gasteiger partial charge is 0.383 e. The summed E-state index contributed by atoms with van der Waals surface area (Å²) in [5.41, 5.74) is 5.78. The molecule has 0 unspecified atom stereocenters. The first-order chi connectivity index (χ1) is 10.5. The highest BCUT2D eigenvalue weighted by Gasteiger charge is 2.20. The van der Waals surface area contributed by atoms with Gasteiger partial charge in [0.25, 0.3) is 5.56 Å². The molecule has 22 heavy (non-hydrogen) atoms. The number of nitrogens with zero attached hydrogens (tertiary/aromatic N) is 2. The van der Waals surface area contributed by atoms with Crippen LogP contribution >= 0.6 is 11.8 Å². The second-order valence-electron chi connectivity index (χ2n) is 5.05.